The Balaban J connectivity index is 1.86. The number of rotatable bonds is 5. The van der Waals surface area contributed by atoms with Crippen molar-refractivity contribution < 1.29 is 14.7 Å². The topological polar surface area (TPSA) is 69.6 Å². The molecule has 5 heteroatoms. The Kier molecular flexibility index (Phi) is 5.26. The highest BCUT2D eigenvalue weighted by molar-refractivity contribution is 5.76. The van der Waals surface area contributed by atoms with Gasteiger partial charge in [0.2, 0.25) is 0 Å². The lowest BCUT2D eigenvalue weighted by molar-refractivity contribution is -0.137. The molecule has 20 heavy (non-hydrogen) atoms. The maximum absolute atomic E-state index is 12.3. The van der Waals surface area contributed by atoms with Crippen molar-refractivity contribution in [3.63, 3.8) is 0 Å². The first kappa shape index (κ1) is 15.1. The Bertz CT molecular complexity index is 347. The van der Waals surface area contributed by atoms with E-state index in [4.69, 9.17) is 5.11 Å². The van der Waals surface area contributed by atoms with E-state index in [1.807, 2.05) is 7.05 Å². The number of hydrogen-bond donors (Lipinski definition) is 2. The summed E-state index contributed by atoms with van der Waals surface area (Å²) in [6.07, 6.45) is 9.12. The van der Waals surface area contributed by atoms with Crippen LogP contribution in [0.25, 0.3) is 0 Å². The predicted molar refractivity (Wildman–Crippen MR) is 76.5 cm³/mol. The van der Waals surface area contributed by atoms with Gasteiger partial charge in [-0.15, -0.1) is 0 Å². The summed E-state index contributed by atoms with van der Waals surface area (Å²) in [4.78, 5) is 25.0. The number of nitrogens with zero attached hydrogens (tertiary/aromatic N) is 1. The Labute approximate surface area is 120 Å². The Hall–Kier alpha value is -1.26. The zero-order chi connectivity index (χ0) is 14.5. The van der Waals surface area contributed by atoms with Crippen LogP contribution < -0.4 is 5.32 Å². The second-order valence-electron chi connectivity index (χ2n) is 6.25. The fraction of sp³-hybridized carbons (Fsp3) is 0.867. The molecule has 0 radical (unpaired) electrons. The summed E-state index contributed by atoms with van der Waals surface area (Å²) in [7, 11) is 1.84. The number of carbonyl (C=O) groups excluding carboxylic acids is 1. The van der Waals surface area contributed by atoms with Gasteiger partial charge in [0.1, 0.15) is 0 Å². The smallest absolute Gasteiger partial charge is 0.317 e. The molecule has 0 bridgehead atoms. The zero-order valence-electron chi connectivity index (χ0n) is 12.3. The molecule has 5 nitrogen and oxygen atoms in total. The molecule has 0 aliphatic heterocycles. The second-order valence-corrected chi connectivity index (χ2v) is 6.25. The minimum atomic E-state index is -0.834. The molecule has 2 aliphatic rings. The maximum Gasteiger partial charge on any atom is 0.317 e. The normalized spacial score (nSPS) is 21.9. The van der Waals surface area contributed by atoms with Gasteiger partial charge in [-0.05, 0) is 31.6 Å². The summed E-state index contributed by atoms with van der Waals surface area (Å²) in [6.45, 7) is 0. The first-order valence-corrected chi connectivity index (χ1v) is 7.83. The molecule has 0 spiro atoms. The van der Waals surface area contributed by atoms with Crippen LogP contribution in [0.5, 0.6) is 0 Å². The fourth-order valence-electron chi connectivity index (χ4n) is 3.09. The highest BCUT2D eigenvalue weighted by Gasteiger charge is 2.34. The van der Waals surface area contributed by atoms with E-state index in [1.54, 1.807) is 4.90 Å². The lowest BCUT2D eigenvalue weighted by Crippen LogP contribution is -2.48. The third-order valence-corrected chi connectivity index (χ3v) is 4.59. The van der Waals surface area contributed by atoms with Crippen molar-refractivity contribution in [2.75, 3.05) is 7.05 Å². The molecule has 0 heterocycles. The van der Waals surface area contributed by atoms with Crippen LogP contribution in [0.4, 0.5) is 4.79 Å². The number of urea groups is 1. The molecule has 2 amide bonds. The number of hydrogen-bond acceptors (Lipinski definition) is 2. The molecular weight excluding hydrogens is 256 g/mol. The highest BCUT2D eigenvalue weighted by atomic mass is 16.4. The summed E-state index contributed by atoms with van der Waals surface area (Å²) in [5, 5.41) is 11.9. The zero-order valence-corrected chi connectivity index (χ0v) is 12.3. The molecule has 0 aromatic carbocycles. The van der Waals surface area contributed by atoms with Crippen molar-refractivity contribution in [1.29, 1.82) is 0 Å². The Morgan fingerprint density at radius 1 is 1.15 bits per heavy atom. The van der Waals surface area contributed by atoms with Crippen LogP contribution in [0.15, 0.2) is 0 Å². The van der Waals surface area contributed by atoms with Gasteiger partial charge < -0.3 is 15.3 Å². The minimum absolute atomic E-state index is 0.0366. The van der Waals surface area contributed by atoms with E-state index in [1.165, 1.54) is 25.7 Å². The van der Waals surface area contributed by atoms with Gasteiger partial charge in [-0.2, -0.15) is 0 Å². The molecule has 2 aliphatic carbocycles. The fourth-order valence-corrected chi connectivity index (χ4v) is 3.09. The molecule has 1 unspecified atom stereocenters. The van der Waals surface area contributed by atoms with Gasteiger partial charge >= 0.3 is 12.0 Å². The number of amides is 2. The van der Waals surface area contributed by atoms with E-state index in [0.29, 0.717) is 12.0 Å². The number of nitrogens with one attached hydrogen (secondary N) is 1. The quantitative estimate of drug-likeness (QED) is 0.761. The second kappa shape index (κ2) is 6.95. The molecule has 0 aromatic rings. The van der Waals surface area contributed by atoms with E-state index in [9.17, 15) is 9.59 Å². The van der Waals surface area contributed by atoms with Crippen molar-refractivity contribution in [3.05, 3.63) is 0 Å². The van der Waals surface area contributed by atoms with E-state index >= 15 is 0 Å². The first-order valence-electron chi connectivity index (χ1n) is 7.83. The monoisotopic (exact) mass is 282 g/mol. The average Bonchev–Trinajstić information content (AvgIpc) is 3.23. The molecular formula is C15H26N2O3. The third kappa shape index (κ3) is 4.39. The standard InChI is InChI=1S/C15H26N2O3/c1-17(12-6-4-2-3-5-7-12)15(20)16-13(10-14(18)19)11-8-9-11/h11-13H,2-10H2,1H3,(H,16,20)(H,18,19). The van der Waals surface area contributed by atoms with Crippen LogP contribution in [0.2, 0.25) is 0 Å². The van der Waals surface area contributed by atoms with E-state index in [2.05, 4.69) is 5.32 Å². The lowest BCUT2D eigenvalue weighted by atomic mass is 10.1. The average molecular weight is 282 g/mol. The van der Waals surface area contributed by atoms with Crippen molar-refractivity contribution in [3.8, 4) is 0 Å². The third-order valence-electron chi connectivity index (χ3n) is 4.59. The number of carbonyl (C=O) groups is 2. The van der Waals surface area contributed by atoms with Gasteiger partial charge in [0.05, 0.1) is 6.42 Å². The molecule has 114 valence electrons. The number of aliphatic carboxylic acids is 1. The summed E-state index contributed by atoms with van der Waals surface area (Å²) in [5.41, 5.74) is 0. The van der Waals surface area contributed by atoms with Gasteiger partial charge in [-0.25, -0.2) is 4.79 Å². The van der Waals surface area contributed by atoms with Crippen molar-refractivity contribution in [2.24, 2.45) is 5.92 Å². The highest BCUT2D eigenvalue weighted by Crippen LogP contribution is 2.34. The maximum atomic E-state index is 12.3. The predicted octanol–water partition coefficient (Wildman–Crippen LogP) is 2.60. The summed E-state index contributed by atoms with van der Waals surface area (Å²) in [5.74, 6) is -0.475. The summed E-state index contributed by atoms with van der Waals surface area (Å²) in [6, 6.07) is 0.00505. The summed E-state index contributed by atoms with van der Waals surface area (Å²) >= 11 is 0. The van der Waals surface area contributed by atoms with Crippen LogP contribution in [-0.4, -0.2) is 41.1 Å². The number of carboxylic acids is 1. The molecule has 2 fully saturated rings. The van der Waals surface area contributed by atoms with Crippen molar-refractivity contribution in [2.45, 2.75) is 69.9 Å². The first-order chi connectivity index (χ1) is 9.58. The van der Waals surface area contributed by atoms with Gasteiger partial charge in [-0.1, -0.05) is 25.7 Å². The van der Waals surface area contributed by atoms with Gasteiger partial charge in [0.15, 0.2) is 0 Å². The number of carboxylic acid groups (broad SMARTS) is 1. The van der Waals surface area contributed by atoms with Gasteiger partial charge in [-0.3, -0.25) is 4.79 Å². The summed E-state index contributed by atoms with van der Waals surface area (Å²) < 4.78 is 0. The van der Waals surface area contributed by atoms with Crippen molar-refractivity contribution >= 4 is 12.0 Å². The Morgan fingerprint density at radius 3 is 2.25 bits per heavy atom. The Morgan fingerprint density at radius 2 is 1.75 bits per heavy atom. The lowest BCUT2D eigenvalue weighted by Gasteiger charge is -2.29. The van der Waals surface area contributed by atoms with Crippen LogP contribution >= 0.6 is 0 Å². The van der Waals surface area contributed by atoms with E-state index in [-0.39, 0.29) is 18.5 Å². The molecule has 2 saturated carbocycles. The SMILES string of the molecule is CN(C(=O)NC(CC(=O)O)C1CC1)C1CCCCCC1. The van der Waals surface area contributed by atoms with Crippen LogP contribution in [-0.2, 0) is 4.79 Å². The van der Waals surface area contributed by atoms with Crippen LogP contribution in [0, 0.1) is 5.92 Å². The molecule has 0 saturated heterocycles. The molecule has 1 atom stereocenters. The van der Waals surface area contributed by atoms with Gasteiger partial charge in [0.25, 0.3) is 0 Å². The van der Waals surface area contributed by atoms with E-state index < -0.39 is 5.97 Å². The van der Waals surface area contributed by atoms with Gasteiger partial charge in [0, 0.05) is 19.1 Å². The molecule has 0 aromatic heterocycles. The van der Waals surface area contributed by atoms with Crippen LogP contribution in [0.3, 0.4) is 0 Å². The van der Waals surface area contributed by atoms with Crippen molar-refractivity contribution in [1.82, 2.24) is 10.2 Å². The molecule has 2 rings (SSSR count). The van der Waals surface area contributed by atoms with Crippen LogP contribution in [0.1, 0.15) is 57.8 Å². The minimum Gasteiger partial charge on any atom is -0.481 e. The van der Waals surface area contributed by atoms with E-state index in [0.717, 1.165) is 25.7 Å². The molecule has 2 N–H and O–H groups in total. The largest absolute Gasteiger partial charge is 0.481 e.